The normalized spacial score (nSPS) is 17.4. The van der Waals surface area contributed by atoms with Crippen molar-refractivity contribution in [1.82, 2.24) is 10.2 Å². The average molecular weight is 428 g/mol. The minimum absolute atomic E-state index is 0.642. The quantitative estimate of drug-likeness (QED) is 0.595. The van der Waals surface area contributed by atoms with Crippen molar-refractivity contribution >= 4 is 51.2 Å². The second-order valence-corrected chi connectivity index (χ2v) is 8.55. The van der Waals surface area contributed by atoms with Gasteiger partial charge in [0.25, 0.3) is 0 Å². The van der Waals surface area contributed by atoms with Gasteiger partial charge in [-0.1, -0.05) is 35.3 Å². The molecule has 2 saturated heterocycles. The zero-order chi connectivity index (χ0) is 19.8. The number of fused-ring (bicyclic) bond motifs is 1. The fourth-order valence-corrected chi connectivity index (χ4v) is 4.83. The highest BCUT2D eigenvalue weighted by molar-refractivity contribution is 6.35. The third-order valence-electron chi connectivity index (χ3n) is 5.92. The molecule has 0 spiro atoms. The molecule has 1 aromatic heterocycles. The predicted molar refractivity (Wildman–Crippen MR) is 122 cm³/mol. The van der Waals surface area contributed by atoms with E-state index in [1.807, 2.05) is 18.3 Å². The Kier molecular flexibility index (Phi) is 5.10. The van der Waals surface area contributed by atoms with Crippen LogP contribution in [0.1, 0.15) is 12.8 Å². The van der Waals surface area contributed by atoms with Crippen LogP contribution in [0.25, 0.3) is 10.9 Å². The lowest BCUT2D eigenvalue weighted by Gasteiger charge is -2.38. The van der Waals surface area contributed by atoms with Crippen LogP contribution in [0.3, 0.4) is 0 Å². The van der Waals surface area contributed by atoms with Crippen molar-refractivity contribution < 1.29 is 0 Å². The number of nitrogens with zero attached hydrogens (tertiary/aromatic N) is 5. The van der Waals surface area contributed by atoms with E-state index < -0.39 is 0 Å². The maximum atomic E-state index is 6.46. The van der Waals surface area contributed by atoms with Crippen LogP contribution in [0.2, 0.25) is 10.0 Å². The van der Waals surface area contributed by atoms with Crippen molar-refractivity contribution in [3.05, 3.63) is 52.6 Å². The van der Waals surface area contributed by atoms with Gasteiger partial charge >= 0.3 is 0 Å². The van der Waals surface area contributed by atoms with E-state index in [1.54, 1.807) is 0 Å². The van der Waals surface area contributed by atoms with Crippen molar-refractivity contribution in [2.75, 3.05) is 54.0 Å². The van der Waals surface area contributed by atoms with Crippen LogP contribution < -0.4 is 14.7 Å². The summed E-state index contributed by atoms with van der Waals surface area (Å²) < 4.78 is 0. The molecular formula is C22H23Cl2N5. The Morgan fingerprint density at radius 2 is 1.41 bits per heavy atom. The highest BCUT2D eigenvalue weighted by Crippen LogP contribution is 2.32. The molecule has 0 radical (unpaired) electrons. The molecule has 5 rings (SSSR count). The Hall–Kier alpha value is -2.24. The second-order valence-electron chi connectivity index (χ2n) is 7.70. The fraction of sp³-hybridized carbons (Fsp3) is 0.364. The Morgan fingerprint density at radius 1 is 0.759 bits per heavy atom. The van der Waals surface area contributed by atoms with Crippen molar-refractivity contribution in [3.8, 4) is 0 Å². The number of hydrogen-bond acceptors (Lipinski definition) is 5. The summed E-state index contributed by atoms with van der Waals surface area (Å²) in [5.41, 5.74) is 4.31. The van der Waals surface area contributed by atoms with Gasteiger partial charge in [-0.05, 0) is 37.1 Å². The number of halogens is 2. The number of anilines is 3. The molecule has 2 aliphatic rings. The van der Waals surface area contributed by atoms with Gasteiger partial charge in [0.1, 0.15) is 5.52 Å². The van der Waals surface area contributed by atoms with Crippen molar-refractivity contribution in [2.45, 2.75) is 12.8 Å². The van der Waals surface area contributed by atoms with Gasteiger partial charge in [-0.3, -0.25) is 0 Å². The number of benzene rings is 2. The highest BCUT2D eigenvalue weighted by atomic mass is 35.5. The van der Waals surface area contributed by atoms with Crippen LogP contribution >= 0.6 is 23.2 Å². The topological polar surface area (TPSA) is 35.5 Å². The monoisotopic (exact) mass is 427 g/mol. The van der Waals surface area contributed by atoms with Crippen molar-refractivity contribution in [2.24, 2.45) is 0 Å². The summed E-state index contributed by atoms with van der Waals surface area (Å²) >= 11 is 12.8. The maximum absolute atomic E-state index is 6.46. The van der Waals surface area contributed by atoms with Gasteiger partial charge in [-0.2, -0.15) is 5.10 Å². The molecule has 7 heteroatoms. The minimum atomic E-state index is 0.642. The van der Waals surface area contributed by atoms with Crippen LogP contribution in [-0.2, 0) is 0 Å². The predicted octanol–water partition coefficient (Wildman–Crippen LogP) is 4.86. The first-order valence-corrected chi connectivity index (χ1v) is 10.9. The van der Waals surface area contributed by atoms with Gasteiger partial charge in [-0.25, -0.2) is 0 Å². The second kappa shape index (κ2) is 7.88. The molecule has 2 fully saturated rings. The van der Waals surface area contributed by atoms with Crippen LogP contribution in [0.4, 0.5) is 17.1 Å². The van der Waals surface area contributed by atoms with Gasteiger partial charge in [0.05, 0.1) is 16.9 Å². The van der Waals surface area contributed by atoms with Crippen LogP contribution in [0.5, 0.6) is 0 Å². The largest absolute Gasteiger partial charge is 0.371 e. The molecule has 0 bridgehead atoms. The SMILES string of the molecule is Clc1cc(N2CCCC2)cc(N2CCN(c3cnnc4c(Cl)cccc34)CC2)c1. The van der Waals surface area contributed by atoms with E-state index in [0.717, 1.165) is 60.9 Å². The molecule has 0 saturated carbocycles. The lowest BCUT2D eigenvalue weighted by Crippen LogP contribution is -2.46. The number of piperazine rings is 1. The summed E-state index contributed by atoms with van der Waals surface area (Å²) in [6.45, 7) is 5.95. The van der Waals surface area contributed by atoms with E-state index in [2.05, 4.69) is 49.2 Å². The lowest BCUT2D eigenvalue weighted by atomic mass is 10.1. The van der Waals surface area contributed by atoms with Gasteiger partial charge in [0, 0.05) is 61.1 Å². The lowest BCUT2D eigenvalue weighted by molar-refractivity contribution is 0.653. The van der Waals surface area contributed by atoms with Gasteiger partial charge < -0.3 is 14.7 Å². The third-order valence-corrected chi connectivity index (χ3v) is 6.45. The molecule has 3 heterocycles. The summed E-state index contributed by atoms with van der Waals surface area (Å²) in [7, 11) is 0. The summed E-state index contributed by atoms with van der Waals surface area (Å²) in [5.74, 6) is 0. The molecule has 0 aliphatic carbocycles. The first-order chi connectivity index (χ1) is 14.2. The minimum Gasteiger partial charge on any atom is -0.371 e. The molecule has 29 heavy (non-hydrogen) atoms. The third kappa shape index (κ3) is 3.69. The highest BCUT2D eigenvalue weighted by Gasteiger charge is 2.22. The number of hydrogen-bond donors (Lipinski definition) is 0. The molecule has 2 aliphatic heterocycles. The molecule has 3 aromatic rings. The van der Waals surface area contributed by atoms with E-state index in [4.69, 9.17) is 23.2 Å². The molecule has 0 unspecified atom stereocenters. The number of rotatable bonds is 3. The average Bonchev–Trinajstić information content (AvgIpc) is 3.29. The first kappa shape index (κ1) is 18.8. The van der Waals surface area contributed by atoms with Crippen LogP contribution in [0.15, 0.2) is 42.6 Å². The number of aromatic nitrogens is 2. The zero-order valence-electron chi connectivity index (χ0n) is 16.2. The van der Waals surface area contributed by atoms with Crippen LogP contribution in [0, 0.1) is 0 Å². The summed E-state index contributed by atoms with van der Waals surface area (Å²) in [6.07, 6.45) is 4.37. The van der Waals surface area contributed by atoms with E-state index in [1.165, 1.54) is 24.2 Å². The van der Waals surface area contributed by atoms with Crippen LogP contribution in [-0.4, -0.2) is 49.5 Å². The fourth-order valence-electron chi connectivity index (χ4n) is 4.39. The molecule has 0 atom stereocenters. The zero-order valence-corrected chi connectivity index (χ0v) is 17.7. The van der Waals surface area contributed by atoms with Crippen molar-refractivity contribution in [1.29, 1.82) is 0 Å². The molecule has 150 valence electrons. The Morgan fingerprint density at radius 3 is 2.14 bits per heavy atom. The van der Waals surface area contributed by atoms with Gasteiger partial charge in [0.15, 0.2) is 0 Å². The van der Waals surface area contributed by atoms with E-state index in [0.29, 0.717) is 5.02 Å². The van der Waals surface area contributed by atoms with Gasteiger partial charge in [-0.15, -0.1) is 5.10 Å². The van der Waals surface area contributed by atoms with E-state index in [-0.39, 0.29) is 0 Å². The molecule has 0 amide bonds. The van der Waals surface area contributed by atoms with E-state index in [9.17, 15) is 0 Å². The molecule has 0 N–H and O–H groups in total. The Balaban J connectivity index is 1.35. The Bertz CT molecular complexity index is 1030. The maximum Gasteiger partial charge on any atom is 0.114 e. The first-order valence-electron chi connectivity index (χ1n) is 10.1. The van der Waals surface area contributed by atoms with E-state index >= 15 is 0 Å². The summed E-state index contributed by atoms with van der Waals surface area (Å²) in [4.78, 5) is 7.23. The van der Waals surface area contributed by atoms with Crippen molar-refractivity contribution in [3.63, 3.8) is 0 Å². The van der Waals surface area contributed by atoms with Gasteiger partial charge in [0.2, 0.25) is 0 Å². The standard InChI is InChI=1S/C22H23Cl2N5/c23-16-12-17(27-6-1-2-7-27)14-18(13-16)28-8-10-29(11-9-28)21-15-25-26-22-19(21)4-3-5-20(22)24/h3-5,12-15H,1-2,6-11H2. The molecular weight excluding hydrogens is 405 g/mol. The smallest absolute Gasteiger partial charge is 0.114 e. The summed E-state index contributed by atoms with van der Waals surface area (Å²) in [5, 5.41) is 10.9. The molecule has 5 nitrogen and oxygen atoms in total. The summed E-state index contributed by atoms with van der Waals surface area (Å²) in [6, 6.07) is 12.4. The Labute approximate surface area is 180 Å². The molecule has 2 aromatic carbocycles.